The molecular weight excluding hydrogens is 473 g/mol. The fourth-order valence-electron chi connectivity index (χ4n) is 2.63. The van der Waals surface area contributed by atoms with Gasteiger partial charge in [0.1, 0.15) is 5.82 Å². The summed E-state index contributed by atoms with van der Waals surface area (Å²) in [6.07, 6.45) is -10.0. The summed E-state index contributed by atoms with van der Waals surface area (Å²) in [5.41, 5.74) is -2.55. The normalized spacial score (nSPS) is 12.1. The predicted molar refractivity (Wildman–Crippen MR) is 97.5 cm³/mol. The molecular formula is C18H10ClF7N4O2. The van der Waals surface area contributed by atoms with Gasteiger partial charge in [0, 0.05) is 18.2 Å². The first kappa shape index (κ1) is 23.3. The van der Waals surface area contributed by atoms with E-state index in [2.05, 4.69) is 10.1 Å². The van der Waals surface area contributed by atoms with Crippen molar-refractivity contribution in [2.75, 3.05) is 0 Å². The molecule has 170 valence electrons. The Morgan fingerprint density at radius 1 is 1.09 bits per heavy atom. The van der Waals surface area contributed by atoms with Crippen molar-refractivity contribution in [1.29, 1.82) is 0 Å². The van der Waals surface area contributed by atoms with E-state index < -0.39 is 41.9 Å². The van der Waals surface area contributed by atoms with Crippen molar-refractivity contribution in [1.82, 2.24) is 20.1 Å². The molecule has 3 aromatic rings. The van der Waals surface area contributed by atoms with Gasteiger partial charge in [-0.25, -0.2) is 9.18 Å². The molecule has 0 aliphatic rings. The van der Waals surface area contributed by atoms with Crippen LogP contribution in [0, 0.1) is 5.82 Å². The van der Waals surface area contributed by atoms with Crippen molar-refractivity contribution < 1.29 is 35.5 Å². The molecule has 0 radical (unpaired) electrons. The van der Waals surface area contributed by atoms with E-state index in [0.29, 0.717) is 16.8 Å². The van der Waals surface area contributed by atoms with E-state index in [4.69, 9.17) is 11.6 Å². The Bertz CT molecular complexity index is 1230. The molecule has 0 unspecified atom stereocenters. The van der Waals surface area contributed by atoms with Gasteiger partial charge in [-0.05, 0) is 29.8 Å². The van der Waals surface area contributed by atoms with E-state index in [1.807, 2.05) is 0 Å². The Morgan fingerprint density at radius 3 is 2.38 bits per heavy atom. The van der Waals surface area contributed by atoms with Crippen LogP contribution in [0.5, 0.6) is 0 Å². The number of aromatic nitrogens is 3. The number of carbonyl (C=O) groups is 1. The van der Waals surface area contributed by atoms with Crippen molar-refractivity contribution in [2.24, 2.45) is 0 Å². The van der Waals surface area contributed by atoms with E-state index in [1.54, 1.807) is 5.32 Å². The summed E-state index contributed by atoms with van der Waals surface area (Å²) in [7, 11) is 0. The molecule has 3 rings (SSSR count). The van der Waals surface area contributed by atoms with Gasteiger partial charge in [0.2, 0.25) is 0 Å². The van der Waals surface area contributed by atoms with Crippen LogP contribution in [0.15, 0.2) is 41.2 Å². The average molecular weight is 483 g/mol. The summed E-state index contributed by atoms with van der Waals surface area (Å²) < 4.78 is 89.5. The van der Waals surface area contributed by atoms with Gasteiger partial charge in [-0.3, -0.25) is 9.78 Å². The minimum Gasteiger partial charge on any atom is -0.344 e. The molecule has 1 heterocycles. The second-order valence-electron chi connectivity index (χ2n) is 6.35. The maximum Gasteiger partial charge on any atom is 0.471 e. The van der Waals surface area contributed by atoms with Crippen LogP contribution in [0.25, 0.3) is 17.1 Å². The van der Waals surface area contributed by atoms with Crippen molar-refractivity contribution >= 4 is 17.5 Å². The Morgan fingerprint density at radius 2 is 1.78 bits per heavy atom. The number of hydrogen-bond donors (Lipinski definition) is 2. The highest BCUT2D eigenvalue weighted by Crippen LogP contribution is 2.32. The standard InChI is InChI=1S/C18H10ClF7N4O2/c19-12-4-1-8(7-27-15(31)18(24,25)26)5-10(12)14-28-16(32)30(29-14)9-2-3-11(13(20)6-9)17(21,22)23/h1-6H,7H2,(H,27,31)(H,28,29,32). The summed E-state index contributed by atoms with van der Waals surface area (Å²) >= 11 is 6.05. The lowest BCUT2D eigenvalue weighted by Crippen LogP contribution is -2.36. The molecule has 0 bridgehead atoms. The van der Waals surface area contributed by atoms with E-state index in [1.165, 1.54) is 18.2 Å². The Labute approximate surface area is 178 Å². The Balaban J connectivity index is 1.93. The molecule has 1 amide bonds. The molecule has 0 aliphatic carbocycles. The van der Waals surface area contributed by atoms with Crippen LogP contribution in [-0.2, 0) is 17.5 Å². The van der Waals surface area contributed by atoms with Crippen molar-refractivity contribution in [3.05, 3.63) is 68.8 Å². The van der Waals surface area contributed by atoms with Crippen LogP contribution in [0.3, 0.4) is 0 Å². The van der Waals surface area contributed by atoms with Crippen molar-refractivity contribution in [3.8, 4) is 17.1 Å². The van der Waals surface area contributed by atoms with E-state index in [-0.39, 0.29) is 27.7 Å². The Hall–Kier alpha value is -3.35. The fraction of sp³-hybridized carbons (Fsp3) is 0.167. The summed E-state index contributed by atoms with van der Waals surface area (Å²) in [4.78, 5) is 25.4. The van der Waals surface area contributed by atoms with Crippen molar-refractivity contribution in [2.45, 2.75) is 18.9 Å². The van der Waals surface area contributed by atoms with Gasteiger partial charge in [-0.1, -0.05) is 17.7 Å². The molecule has 2 aromatic carbocycles. The SMILES string of the molecule is O=C(NCc1ccc(Cl)c(-c2nn(-c3ccc(C(F)(F)F)c(F)c3)c(=O)[nH]2)c1)C(F)(F)F. The molecule has 0 aliphatic heterocycles. The third kappa shape index (κ3) is 4.93. The first-order valence-electron chi connectivity index (χ1n) is 8.47. The van der Waals surface area contributed by atoms with Gasteiger partial charge < -0.3 is 5.32 Å². The van der Waals surface area contributed by atoms with Gasteiger partial charge in [0.25, 0.3) is 0 Å². The summed E-state index contributed by atoms with van der Waals surface area (Å²) in [6.45, 7) is -0.516. The Kier molecular flexibility index (Phi) is 6.05. The van der Waals surface area contributed by atoms with Crippen LogP contribution in [-0.4, -0.2) is 26.8 Å². The predicted octanol–water partition coefficient (Wildman–Crippen LogP) is 4.22. The number of hydrogen-bond acceptors (Lipinski definition) is 3. The largest absolute Gasteiger partial charge is 0.471 e. The summed E-state index contributed by atoms with van der Waals surface area (Å²) in [5, 5.41) is 5.56. The lowest BCUT2D eigenvalue weighted by molar-refractivity contribution is -0.173. The lowest BCUT2D eigenvalue weighted by atomic mass is 10.1. The monoisotopic (exact) mass is 482 g/mol. The maximum atomic E-state index is 13.8. The second kappa shape index (κ2) is 8.30. The molecule has 14 heteroatoms. The number of amides is 1. The number of carbonyl (C=O) groups excluding carboxylic acids is 1. The quantitative estimate of drug-likeness (QED) is 0.547. The van der Waals surface area contributed by atoms with E-state index in [9.17, 15) is 40.3 Å². The van der Waals surface area contributed by atoms with Gasteiger partial charge >= 0.3 is 23.9 Å². The molecule has 0 saturated heterocycles. The number of halogens is 8. The smallest absolute Gasteiger partial charge is 0.344 e. The van der Waals surface area contributed by atoms with Gasteiger partial charge in [-0.15, -0.1) is 5.10 Å². The van der Waals surface area contributed by atoms with E-state index in [0.717, 1.165) is 6.07 Å². The topological polar surface area (TPSA) is 79.8 Å². The molecule has 2 N–H and O–H groups in total. The molecule has 1 aromatic heterocycles. The minimum absolute atomic E-state index is 0.0235. The molecule has 0 spiro atoms. The summed E-state index contributed by atoms with van der Waals surface area (Å²) in [5.74, 6) is -3.97. The zero-order chi connectivity index (χ0) is 23.8. The molecule has 0 atom stereocenters. The third-order valence-corrected chi connectivity index (χ3v) is 4.45. The number of rotatable bonds is 4. The zero-order valence-electron chi connectivity index (χ0n) is 15.4. The van der Waals surface area contributed by atoms with E-state index >= 15 is 0 Å². The highest BCUT2D eigenvalue weighted by atomic mass is 35.5. The molecule has 32 heavy (non-hydrogen) atoms. The number of nitrogens with zero attached hydrogens (tertiary/aromatic N) is 2. The number of benzene rings is 2. The molecule has 6 nitrogen and oxygen atoms in total. The zero-order valence-corrected chi connectivity index (χ0v) is 16.2. The fourth-order valence-corrected chi connectivity index (χ4v) is 2.84. The van der Waals surface area contributed by atoms with Crippen molar-refractivity contribution in [3.63, 3.8) is 0 Å². The lowest BCUT2D eigenvalue weighted by Gasteiger charge is -2.09. The number of H-pyrrole nitrogens is 1. The van der Waals surface area contributed by atoms with Gasteiger partial charge in [0.15, 0.2) is 5.82 Å². The first-order valence-corrected chi connectivity index (χ1v) is 8.85. The highest BCUT2D eigenvalue weighted by Gasteiger charge is 2.38. The average Bonchev–Trinajstić information content (AvgIpc) is 3.06. The number of alkyl halides is 6. The number of nitrogens with one attached hydrogen (secondary N) is 2. The molecule has 0 fully saturated rings. The van der Waals surface area contributed by atoms with Crippen LogP contribution in [0.4, 0.5) is 30.7 Å². The first-order chi connectivity index (χ1) is 14.8. The third-order valence-electron chi connectivity index (χ3n) is 4.12. The minimum atomic E-state index is -5.07. The highest BCUT2D eigenvalue weighted by molar-refractivity contribution is 6.33. The van der Waals surface area contributed by atoms with Crippen LogP contribution in [0.2, 0.25) is 5.02 Å². The molecule has 0 saturated carbocycles. The second-order valence-corrected chi connectivity index (χ2v) is 6.75. The van der Waals surface area contributed by atoms with Crippen LogP contribution in [0.1, 0.15) is 11.1 Å². The number of aromatic amines is 1. The maximum absolute atomic E-state index is 13.8. The van der Waals surface area contributed by atoms with Crippen LogP contribution >= 0.6 is 11.6 Å². The van der Waals surface area contributed by atoms with Crippen LogP contribution < -0.4 is 11.0 Å². The van der Waals surface area contributed by atoms with Gasteiger partial charge in [-0.2, -0.15) is 31.0 Å². The van der Waals surface area contributed by atoms with Gasteiger partial charge in [0.05, 0.1) is 16.3 Å². The summed E-state index contributed by atoms with van der Waals surface area (Å²) in [6, 6.07) is 5.60.